The Morgan fingerprint density at radius 2 is 2.00 bits per heavy atom. The van der Waals surface area contributed by atoms with Crippen LogP contribution in [0.1, 0.15) is 5.56 Å². The molecule has 17 heavy (non-hydrogen) atoms. The van der Waals surface area contributed by atoms with Gasteiger partial charge in [0.15, 0.2) is 5.75 Å². The topological polar surface area (TPSA) is 77.0 Å². The number of phenolic OH excluding ortho intramolecular Hbond substituents is 1. The number of allylic oxidation sites excluding steroid dienone is 1. The standard InChI is InChI=1S/C11H6Br2N2O2/c1-17-11-8(12)3-7(10(16)9(11)13)2-6(4-14)5-15/h2-3,16H,1H3. The Morgan fingerprint density at radius 3 is 2.47 bits per heavy atom. The molecule has 4 nitrogen and oxygen atoms in total. The maximum atomic E-state index is 9.86. The van der Waals surface area contributed by atoms with E-state index in [1.54, 1.807) is 18.2 Å². The summed E-state index contributed by atoms with van der Waals surface area (Å²) in [5.41, 5.74) is 0.256. The van der Waals surface area contributed by atoms with Gasteiger partial charge in [0.2, 0.25) is 0 Å². The molecular formula is C11H6Br2N2O2. The number of halogens is 2. The second-order valence-electron chi connectivity index (χ2n) is 2.93. The lowest BCUT2D eigenvalue weighted by Gasteiger charge is -2.10. The summed E-state index contributed by atoms with van der Waals surface area (Å²) < 4.78 is 6.02. The van der Waals surface area contributed by atoms with E-state index in [4.69, 9.17) is 15.3 Å². The third-order valence-electron chi connectivity index (χ3n) is 1.92. The lowest BCUT2D eigenvalue weighted by Crippen LogP contribution is -1.89. The highest BCUT2D eigenvalue weighted by Gasteiger charge is 2.14. The van der Waals surface area contributed by atoms with Crippen LogP contribution in [-0.4, -0.2) is 12.2 Å². The predicted molar refractivity (Wildman–Crippen MR) is 69.3 cm³/mol. The molecule has 0 unspecified atom stereocenters. The quantitative estimate of drug-likeness (QED) is 0.823. The summed E-state index contributed by atoms with van der Waals surface area (Å²) in [5, 5.41) is 27.2. The van der Waals surface area contributed by atoms with E-state index in [0.717, 1.165) is 0 Å². The van der Waals surface area contributed by atoms with Gasteiger partial charge in [-0.05, 0) is 44.0 Å². The van der Waals surface area contributed by atoms with Crippen molar-refractivity contribution in [2.24, 2.45) is 0 Å². The average molecular weight is 358 g/mol. The summed E-state index contributed by atoms with van der Waals surface area (Å²) in [4.78, 5) is 0. The van der Waals surface area contributed by atoms with Gasteiger partial charge in [-0.2, -0.15) is 10.5 Å². The molecule has 0 aliphatic carbocycles. The molecule has 0 saturated carbocycles. The molecule has 1 aromatic rings. The first-order valence-electron chi connectivity index (χ1n) is 4.32. The number of benzene rings is 1. The van der Waals surface area contributed by atoms with Gasteiger partial charge in [-0.1, -0.05) is 0 Å². The van der Waals surface area contributed by atoms with Crippen LogP contribution in [0.2, 0.25) is 0 Å². The molecule has 0 amide bonds. The van der Waals surface area contributed by atoms with Gasteiger partial charge in [0, 0.05) is 5.56 Å². The summed E-state index contributed by atoms with van der Waals surface area (Å²) in [6.07, 6.45) is 1.30. The molecule has 1 N–H and O–H groups in total. The second-order valence-corrected chi connectivity index (χ2v) is 4.57. The third kappa shape index (κ3) is 2.79. The van der Waals surface area contributed by atoms with Crippen molar-refractivity contribution in [3.8, 4) is 23.6 Å². The predicted octanol–water partition coefficient (Wildman–Crippen LogP) is 3.36. The van der Waals surface area contributed by atoms with Crippen molar-refractivity contribution in [1.82, 2.24) is 0 Å². The van der Waals surface area contributed by atoms with Crippen molar-refractivity contribution in [3.05, 3.63) is 26.1 Å². The summed E-state index contributed by atoms with van der Waals surface area (Å²) >= 11 is 6.44. The number of nitrogens with zero attached hydrogens (tertiary/aromatic N) is 2. The van der Waals surface area contributed by atoms with Crippen molar-refractivity contribution in [3.63, 3.8) is 0 Å². The summed E-state index contributed by atoms with van der Waals surface area (Å²) in [6, 6.07) is 5.01. The van der Waals surface area contributed by atoms with Crippen LogP contribution in [0.4, 0.5) is 0 Å². The first kappa shape index (κ1) is 13.6. The molecule has 0 aliphatic rings. The lowest BCUT2D eigenvalue weighted by atomic mass is 10.1. The van der Waals surface area contributed by atoms with Crippen LogP contribution in [0, 0.1) is 22.7 Å². The van der Waals surface area contributed by atoms with Gasteiger partial charge < -0.3 is 9.84 Å². The molecule has 0 bridgehead atoms. The lowest BCUT2D eigenvalue weighted by molar-refractivity contribution is 0.400. The van der Waals surface area contributed by atoms with E-state index in [0.29, 0.717) is 20.3 Å². The van der Waals surface area contributed by atoms with Crippen LogP contribution in [0.15, 0.2) is 20.6 Å². The number of rotatable bonds is 2. The summed E-state index contributed by atoms with van der Waals surface area (Å²) in [6.45, 7) is 0. The van der Waals surface area contributed by atoms with E-state index in [-0.39, 0.29) is 11.3 Å². The van der Waals surface area contributed by atoms with Crippen LogP contribution in [0.5, 0.6) is 11.5 Å². The first-order chi connectivity index (χ1) is 8.04. The van der Waals surface area contributed by atoms with Gasteiger partial charge in [0.1, 0.15) is 27.9 Å². The minimum atomic E-state index is -0.0933. The third-order valence-corrected chi connectivity index (χ3v) is 3.25. The molecule has 0 saturated heterocycles. The Morgan fingerprint density at radius 1 is 1.41 bits per heavy atom. The molecular weight excluding hydrogens is 352 g/mol. The van der Waals surface area contributed by atoms with E-state index in [2.05, 4.69) is 31.9 Å². The van der Waals surface area contributed by atoms with Crippen LogP contribution in [-0.2, 0) is 0 Å². The number of nitriles is 2. The number of ether oxygens (including phenoxy) is 1. The van der Waals surface area contributed by atoms with E-state index in [1.807, 2.05) is 0 Å². The maximum absolute atomic E-state index is 9.86. The van der Waals surface area contributed by atoms with Crippen molar-refractivity contribution in [2.75, 3.05) is 7.11 Å². The Bertz CT molecular complexity index is 552. The van der Waals surface area contributed by atoms with E-state index in [1.165, 1.54) is 13.2 Å². The molecule has 86 valence electrons. The minimum absolute atomic E-state index is 0.0898. The van der Waals surface area contributed by atoms with Crippen molar-refractivity contribution >= 4 is 37.9 Å². The molecule has 0 heterocycles. The van der Waals surface area contributed by atoms with Crippen LogP contribution < -0.4 is 4.74 Å². The molecule has 0 fully saturated rings. The van der Waals surface area contributed by atoms with Crippen LogP contribution in [0.25, 0.3) is 6.08 Å². The Hall–Kier alpha value is -1.50. The first-order valence-corrected chi connectivity index (χ1v) is 5.90. The number of methoxy groups -OCH3 is 1. The molecule has 0 spiro atoms. The van der Waals surface area contributed by atoms with Gasteiger partial charge in [-0.25, -0.2) is 0 Å². The smallest absolute Gasteiger partial charge is 0.151 e. The van der Waals surface area contributed by atoms with Gasteiger partial charge in [0.05, 0.1) is 11.6 Å². The average Bonchev–Trinajstić information content (AvgIpc) is 2.32. The van der Waals surface area contributed by atoms with E-state index < -0.39 is 0 Å². The van der Waals surface area contributed by atoms with E-state index in [9.17, 15) is 5.11 Å². The summed E-state index contributed by atoms with van der Waals surface area (Å²) in [7, 11) is 1.47. The van der Waals surface area contributed by atoms with E-state index >= 15 is 0 Å². The molecule has 0 aliphatic heterocycles. The second kappa shape index (κ2) is 5.72. The summed E-state index contributed by atoms with van der Waals surface area (Å²) in [5.74, 6) is 0.350. The zero-order valence-electron chi connectivity index (χ0n) is 8.66. The number of phenols is 1. The highest BCUT2D eigenvalue weighted by Crippen LogP contribution is 2.42. The van der Waals surface area contributed by atoms with Crippen molar-refractivity contribution < 1.29 is 9.84 Å². The normalized spacial score (nSPS) is 9.00. The zero-order valence-corrected chi connectivity index (χ0v) is 11.8. The number of hydrogen-bond donors (Lipinski definition) is 1. The highest BCUT2D eigenvalue weighted by molar-refractivity contribution is 9.11. The fraction of sp³-hybridized carbons (Fsp3) is 0.0909. The Kier molecular flexibility index (Phi) is 4.56. The number of hydrogen-bond acceptors (Lipinski definition) is 4. The maximum Gasteiger partial charge on any atom is 0.151 e. The molecule has 0 aromatic heterocycles. The molecule has 0 atom stereocenters. The fourth-order valence-electron chi connectivity index (χ4n) is 1.15. The number of aromatic hydroxyl groups is 1. The zero-order chi connectivity index (χ0) is 13.0. The van der Waals surface area contributed by atoms with Crippen LogP contribution in [0.3, 0.4) is 0 Å². The van der Waals surface area contributed by atoms with Gasteiger partial charge in [0.25, 0.3) is 0 Å². The fourth-order valence-corrected chi connectivity index (χ4v) is 2.63. The van der Waals surface area contributed by atoms with Crippen molar-refractivity contribution in [1.29, 1.82) is 10.5 Å². The van der Waals surface area contributed by atoms with Crippen molar-refractivity contribution in [2.45, 2.75) is 0 Å². The van der Waals surface area contributed by atoms with Gasteiger partial charge >= 0.3 is 0 Å². The van der Waals surface area contributed by atoms with Gasteiger partial charge in [-0.3, -0.25) is 0 Å². The van der Waals surface area contributed by atoms with Gasteiger partial charge in [-0.15, -0.1) is 0 Å². The Labute approximate surface area is 115 Å². The Balaban J connectivity index is 3.46. The van der Waals surface area contributed by atoms with Crippen LogP contribution >= 0.6 is 31.9 Å². The molecule has 1 aromatic carbocycles. The monoisotopic (exact) mass is 356 g/mol. The molecule has 0 radical (unpaired) electrons. The highest BCUT2D eigenvalue weighted by atomic mass is 79.9. The molecule has 6 heteroatoms. The minimum Gasteiger partial charge on any atom is -0.506 e. The molecule has 1 rings (SSSR count). The largest absolute Gasteiger partial charge is 0.506 e. The SMILES string of the molecule is COc1c(Br)cc(C=C(C#N)C#N)c(O)c1Br.